The number of fused-ring (bicyclic) bond motifs is 1. The van der Waals surface area contributed by atoms with Crippen LogP contribution in [0.3, 0.4) is 0 Å². The number of aliphatic hydroxyl groups is 1. The van der Waals surface area contributed by atoms with Crippen LogP contribution in [0.5, 0.6) is 5.75 Å². The molecule has 3 rings (SSSR count). The molecule has 1 aliphatic rings. The molecule has 0 spiro atoms. The van der Waals surface area contributed by atoms with E-state index in [2.05, 4.69) is 0 Å². The number of rotatable bonds is 6. The first kappa shape index (κ1) is 21.3. The van der Waals surface area contributed by atoms with Crippen LogP contribution in [0, 0.1) is 11.3 Å². The van der Waals surface area contributed by atoms with Gasteiger partial charge in [-0.05, 0) is 63.3 Å². The minimum Gasteiger partial charge on any atom is -0.489 e. The second-order valence-corrected chi connectivity index (χ2v) is 8.91. The Morgan fingerprint density at radius 3 is 2.72 bits per heavy atom. The van der Waals surface area contributed by atoms with Gasteiger partial charge >= 0.3 is 5.63 Å². The number of ether oxygens (including phenoxy) is 1. The van der Waals surface area contributed by atoms with Crippen molar-refractivity contribution in [3.05, 3.63) is 52.4 Å². The smallest absolute Gasteiger partial charge is 0.336 e. The lowest BCUT2D eigenvalue weighted by Crippen LogP contribution is -2.51. The van der Waals surface area contributed by atoms with Crippen molar-refractivity contribution in [1.29, 1.82) is 0 Å². The van der Waals surface area contributed by atoms with Gasteiger partial charge in [-0.25, -0.2) is 4.79 Å². The van der Waals surface area contributed by atoms with Crippen molar-refractivity contribution >= 4 is 16.8 Å². The Morgan fingerprint density at radius 1 is 1.24 bits per heavy atom. The van der Waals surface area contributed by atoms with Gasteiger partial charge in [0.2, 0.25) is 0 Å². The molecule has 0 saturated heterocycles. The molecule has 0 amide bonds. The first-order valence-electron chi connectivity index (χ1n) is 10.2. The van der Waals surface area contributed by atoms with Gasteiger partial charge in [0, 0.05) is 29.4 Å². The molecule has 156 valence electrons. The van der Waals surface area contributed by atoms with E-state index in [0.717, 1.165) is 23.8 Å². The van der Waals surface area contributed by atoms with Crippen LogP contribution in [-0.2, 0) is 4.79 Å². The van der Waals surface area contributed by atoms with Crippen molar-refractivity contribution in [3.63, 3.8) is 0 Å². The number of hydrogen-bond donors (Lipinski definition) is 1. The van der Waals surface area contributed by atoms with E-state index in [1.165, 1.54) is 6.07 Å². The van der Waals surface area contributed by atoms with Gasteiger partial charge in [0.15, 0.2) is 0 Å². The van der Waals surface area contributed by atoms with E-state index in [1.807, 2.05) is 45.9 Å². The third kappa shape index (κ3) is 4.78. The fourth-order valence-corrected chi connectivity index (χ4v) is 4.39. The Bertz CT molecular complexity index is 980. The van der Waals surface area contributed by atoms with Crippen molar-refractivity contribution in [2.75, 3.05) is 6.61 Å². The molecule has 1 fully saturated rings. The fourth-order valence-electron chi connectivity index (χ4n) is 4.39. The van der Waals surface area contributed by atoms with E-state index in [0.29, 0.717) is 30.8 Å². The van der Waals surface area contributed by atoms with Gasteiger partial charge < -0.3 is 14.3 Å². The predicted molar refractivity (Wildman–Crippen MR) is 113 cm³/mol. The number of ketones is 1. The second kappa shape index (κ2) is 8.15. The van der Waals surface area contributed by atoms with Gasteiger partial charge in [-0.1, -0.05) is 19.4 Å². The number of hydrogen-bond acceptors (Lipinski definition) is 5. The third-order valence-electron chi connectivity index (χ3n) is 6.30. The Hall–Kier alpha value is -2.40. The lowest BCUT2D eigenvalue weighted by molar-refractivity contribution is -0.149. The Morgan fingerprint density at radius 2 is 1.97 bits per heavy atom. The Kier molecular flexibility index (Phi) is 5.99. The summed E-state index contributed by atoms with van der Waals surface area (Å²) in [7, 11) is 0. The zero-order chi connectivity index (χ0) is 21.2. The average molecular weight is 398 g/mol. The maximum atomic E-state index is 12.3. The normalized spacial score (nSPS) is 24.7. The molecule has 1 aromatic heterocycles. The SMILES string of the molecule is C/C(=C\COc1ccc2ccc(=O)oc2c1)CC[C@@H]1C(C)(C)C(=O)CC[C@]1(C)O. The number of carbonyl (C=O) groups is 1. The Balaban J connectivity index is 1.59. The van der Waals surface area contributed by atoms with Crippen molar-refractivity contribution in [1.82, 2.24) is 0 Å². The molecular formula is C24H30O5. The lowest BCUT2D eigenvalue weighted by Gasteiger charge is -2.47. The zero-order valence-electron chi connectivity index (χ0n) is 17.7. The summed E-state index contributed by atoms with van der Waals surface area (Å²) >= 11 is 0. The quantitative estimate of drug-likeness (QED) is 0.566. The minimum atomic E-state index is -0.816. The van der Waals surface area contributed by atoms with E-state index in [-0.39, 0.29) is 17.3 Å². The number of Topliss-reactive ketones (excluding diaryl/α,β-unsaturated/α-hetero) is 1. The molecule has 2 aromatic rings. The predicted octanol–water partition coefficient (Wildman–Crippen LogP) is 4.65. The molecule has 0 unspecified atom stereocenters. The fraction of sp³-hybridized carbons (Fsp3) is 0.500. The van der Waals surface area contributed by atoms with Gasteiger partial charge in [0.05, 0.1) is 5.60 Å². The molecule has 1 heterocycles. The highest BCUT2D eigenvalue weighted by Crippen LogP contribution is 2.46. The first-order valence-corrected chi connectivity index (χ1v) is 10.2. The zero-order valence-corrected chi connectivity index (χ0v) is 17.7. The van der Waals surface area contributed by atoms with Crippen LogP contribution in [-0.4, -0.2) is 23.1 Å². The minimum absolute atomic E-state index is 0.0658. The van der Waals surface area contributed by atoms with E-state index in [1.54, 1.807) is 12.1 Å². The van der Waals surface area contributed by atoms with Crippen LogP contribution >= 0.6 is 0 Å². The van der Waals surface area contributed by atoms with Crippen LogP contribution in [0.4, 0.5) is 0 Å². The molecular weight excluding hydrogens is 368 g/mol. The van der Waals surface area contributed by atoms with Crippen LogP contribution in [0.15, 0.2) is 51.2 Å². The molecule has 1 aromatic carbocycles. The highest BCUT2D eigenvalue weighted by atomic mass is 16.5. The van der Waals surface area contributed by atoms with Crippen molar-refractivity contribution in [2.45, 2.75) is 59.0 Å². The molecule has 0 bridgehead atoms. The number of allylic oxidation sites excluding steroid dienone is 1. The number of benzene rings is 1. The molecule has 1 saturated carbocycles. The topological polar surface area (TPSA) is 76.7 Å². The maximum absolute atomic E-state index is 12.3. The molecule has 0 aliphatic heterocycles. The highest BCUT2D eigenvalue weighted by Gasteiger charge is 2.49. The summed E-state index contributed by atoms with van der Waals surface area (Å²) in [4.78, 5) is 23.7. The number of carbonyl (C=O) groups excluding carboxylic acids is 1. The average Bonchev–Trinajstić information content (AvgIpc) is 2.64. The molecule has 5 heteroatoms. The van der Waals surface area contributed by atoms with E-state index < -0.39 is 11.0 Å². The van der Waals surface area contributed by atoms with Crippen molar-refractivity contribution < 1.29 is 19.1 Å². The van der Waals surface area contributed by atoms with Gasteiger partial charge in [-0.2, -0.15) is 0 Å². The maximum Gasteiger partial charge on any atom is 0.336 e. The van der Waals surface area contributed by atoms with Crippen LogP contribution in [0.25, 0.3) is 11.0 Å². The van der Waals surface area contributed by atoms with Gasteiger partial charge in [-0.3, -0.25) is 4.79 Å². The molecule has 29 heavy (non-hydrogen) atoms. The van der Waals surface area contributed by atoms with Gasteiger partial charge in [0.1, 0.15) is 23.7 Å². The second-order valence-electron chi connectivity index (χ2n) is 8.91. The van der Waals surface area contributed by atoms with E-state index in [4.69, 9.17) is 9.15 Å². The summed E-state index contributed by atoms with van der Waals surface area (Å²) in [5, 5.41) is 11.7. The molecule has 0 radical (unpaired) electrons. The standard InChI is InChI=1S/C24H30O5/c1-16(5-9-20-23(2,3)21(25)11-13-24(20,4)27)12-14-28-18-8-6-17-7-10-22(26)29-19(17)15-18/h6-8,10,12,15,20,27H,5,9,11,13-14H2,1-4H3/b16-12+/t20-,24+/m1/s1. The van der Waals surface area contributed by atoms with Crippen LogP contribution < -0.4 is 10.4 Å². The third-order valence-corrected chi connectivity index (χ3v) is 6.30. The molecule has 1 N–H and O–H groups in total. The van der Waals surface area contributed by atoms with E-state index >= 15 is 0 Å². The molecule has 2 atom stereocenters. The van der Waals surface area contributed by atoms with Crippen molar-refractivity contribution in [3.8, 4) is 5.75 Å². The highest BCUT2D eigenvalue weighted by molar-refractivity contribution is 5.85. The van der Waals surface area contributed by atoms with Gasteiger partial charge in [0.25, 0.3) is 0 Å². The molecule has 5 nitrogen and oxygen atoms in total. The lowest BCUT2D eigenvalue weighted by atomic mass is 9.59. The molecule has 1 aliphatic carbocycles. The Labute approximate surface area is 171 Å². The monoisotopic (exact) mass is 398 g/mol. The van der Waals surface area contributed by atoms with Crippen LogP contribution in [0.2, 0.25) is 0 Å². The van der Waals surface area contributed by atoms with Crippen LogP contribution in [0.1, 0.15) is 53.4 Å². The van der Waals surface area contributed by atoms with E-state index in [9.17, 15) is 14.7 Å². The summed E-state index contributed by atoms with van der Waals surface area (Å²) < 4.78 is 11.0. The summed E-state index contributed by atoms with van der Waals surface area (Å²) in [6.45, 7) is 8.20. The summed E-state index contributed by atoms with van der Waals surface area (Å²) in [6, 6.07) is 8.54. The summed E-state index contributed by atoms with van der Waals surface area (Å²) in [6.07, 6.45) is 4.55. The first-order chi connectivity index (χ1) is 13.6. The van der Waals surface area contributed by atoms with Gasteiger partial charge in [-0.15, -0.1) is 0 Å². The van der Waals surface area contributed by atoms with Crippen molar-refractivity contribution in [2.24, 2.45) is 11.3 Å². The summed E-state index contributed by atoms with van der Waals surface area (Å²) in [5.41, 5.74) is -0.0500. The largest absolute Gasteiger partial charge is 0.489 e. The summed E-state index contributed by atoms with van der Waals surface area (Å²) in [5.74, 6) is 0.809.